The molecule has 0 saturated carbocycles. The highest BCUT2D eigenvalue weighted by atomic mass is 35.5. The fraction of sp³-hybridized carbons (Fsp3) is 0.364. The van der Waals surface area contributed by atoms with E-state index in [4.69, 9.17) is 22.1 Å². The largest absolute Gasteiger partial charge is 0.375 e. The normalized spacial score (nSPS) is 10.1. The van der Waals surface area contributed by atoms with E-state index in [1.807, 2.05) is 6.92 Å². The van der Waals surface area contributed by atoms with Crippen molar-refractivity contribution in [3.05, 3.63) is 28.9 Å². The van der Waals surface area contributed by atoms with Crippen LogP contribution in [0.15, 0.2) is 18.2 Å². The third kappa shape index (κ3) is 4.68. The van der Waals surface area contributed by atoms with E-state index in [0.29, 0.717) is 25.6 Å². The summed E-state index contributed by atoms with van der Waals surface area (Å²) in [6, 6.07) is 1.37. The number of aromatic nitrogens is 2. The molecule has 0 aliphatic carbocycles. The Hall–Kier alpha value is -1.66. The van der Waals surface area contributed by atoms with Gasteiger partial charge in [0.05, 0.1) is 18.8 Å². The number of hydrogen-bond donors (Lipinski definition) is 2. The van der Waals surface area contributed by atoms with E-state index >= 15 is 0 Å². The smallest absolute Gasteiger partial charge is 0.252 e. The Morgan fingerprint density at radius 3 is 2.94 bits per heavy atom. The number of ether oxygens (including phenoxy) is 1. The zero-order chi connectivity index (χ0) is 13.5. The molecule has 0 aromatic carbocycles. The molecule has 1 aromatic rings. The van der Waals surface area contributed by atoms with Crippen molar-refractivity contribution in [3.63, 3.8) is 0 Å². The van der Waals surface area contributed by atoms with Crippen LogP contribution in [0.25, 0.3) is 0 Å². The topological polar surface area (TPSA) is 90.1 Å². The summed E-state index contributed by atoms with van der Waals surface area (Å²) < 4.78 is 5.29. The van der Waals surface area contributed by atoms with Crippen LogP contribution in [0.1, 0.15) is 17.3 Å². The van der Waals surface area contributed by atoms with Gasteiger partial charge in [0.1, 0.15) is 0 Å². The molecule has 0 bridgehead atoms. The first-order valence-corrected chi connectivity index (χ1v) is 5.67. The molecule has 0 aliphatic rings. The van der Waals surface area contributed by atoms with Crippen molar-refractivity contribution >= 4 is 23.3 Å². The number of nitrogens with two attached hydrogens (primary N) is 1. The van der Waals surface area contributed by atoms with Crippen molar-refractivity contribution in [2.75, 3.05) is 25.1 Å². The Labute approximate surface area is 110 Å². The summed E-state index contributed by atoms with van der Waals surface area (Å²) >= 11 is 5.64. The molecule has 98 valence electrons. The van der Waals surface area contributed by atoms with Gasteiger partial charge in [0.15, 0.2) is 11.0 Å². The van der Waals surface area contributed by atoms with Crippen molar-refractivity contribution in [2.24, 2.45) is 5.73 Å². The molecule has 0 atom stereocenters. The molecule has 1 heterocycles. The molecule has 1 rings (SSSR count). The predicted molar refractivity (Wildman–Crippen MR) is 69.7 cm³/mol. The maximum absolute atomic E-state index is 11.2. The van der Waals surface area contributed by atoms with Gasteiger partial charge in [-0.25, -0.2) is 0 Å². The van der Waals surface area contributed by atoms with Crippen LogP contribution in [0, 0.1) is 0 Å². The number of amides is 1. The third-order valence-corrected chi connectivity index (χ3v) is 2.10. The molecule has 0 aliphatic heterocycles. The van der Waals surface area contributed by atoms with Crippen molar-refractivity contribution in [3.8, 4) is 0 Å². The van der Waals surface area contributed by atoms with Crippen molar-refractivity contribution in [2.45, 2.75) is 6.92 Å². The van der Waals surface area contributed by atoms with Gasteiger partial charge in [-0.15, -0.1) is 10.2 Å². The summed E-state index contributed by atoms with van der Waals surface area (Å²) in [7, 11) is 0. The van der Waals surface area contributed by atoms with Crippen molar-refractivity contribution < 1.29 is 9.53 Å². The third-order valence-electron chi connectivity index (χ3n) is 1.92. The highest BCUT2D eigenvalue weighted by Crippen LogP contribution is 2.14. The number of rotatable bonds is 7. The Bertz CT molecular complexity index is 451. The van der Waals surface area contributed by atoms with Crippen LogP contribution >= 0.6 is 11.6 Å². The monoisotopic (exact) mass is 270 g/mol. The quantitative estimate of drug-likeness (QED) is 0.575. The van der Waals surface area contributed by atoms with Gasteiger partial charge in [0.2, 0.25) is 0 Å². The summed E-state index contributed by atoms with van der Waals surface area (Å²) in [5.41, 5.74) is 6.35. The molecule has 18 heavy (non-hydrogen) atoms. The van der Waals surface area contributed by atoms with E-state index in [1.54, 1.807) is 0 Å². The summed E-state index contributed by atoms with van der Waals surface area (Å²) in [4.78, 5) is 11.2. The number of halogens is 1. The van der Waals surface area contributed by atoms with Crippen LogP contribution in [0.4, 0.5) is 5.82 Å². The molecule has 1 aromatic heterocycles. The Morgan fingerprint density at radius 1 is 1.61 bits per heavy atom. The standard InChI is InChI=1S/C11H15ClN4O2/c1-7(2)6-18-4-3-14-11-8(10(13)17)5-9(12)15-16-11/h5H,1,3-4,6H2,2H3,(H2,13,17)(H,14,16). The van der Waals surface area contributed by atoms with Crippen molar-refractivity contribution in [1.29, 1.82) is 0 Å². The van der Waals surface area contributed by atoms with Crippen LogP contribution in [-0.4, -0.2) is 35.9 Å². The molecule has 0 fully saturated rings. The zero-order valence-electron chi connectivity index (χ0n) is 10.1. The van der Waals surface area contributed by atoms with Crippen LogP contribution in [-0.2, 0) is 4.74 Å². The number of nitrogens with zero attached hydrogens (tertiary/aromatic N) is 2. The van der Waals surface area contributed by atoms with Crippen LogP contribution in [0.5, 0.6) is 0 Å². The zero-order valence-corrected chi connectivity index (χ0v) is 10.8. The van der Waals surface area contributed by atoms with E-state index in [9.17, 15) is 4.79 Å². The van der Waals surface area contributed by atoms with E-state index in [0.717, 1.165) is 5.57 Å². The van der Waals surface area contributed by atoms with Gasteiger partial charge in [-0.3, -0.25) is 4.79 Å². The molecular weight excluding hydrogens is 256 g/mol. The first kappa shape index (κ1) is 14.4. The van der Waals surface area contributed by atoms with E-state index in [1.165, 1.54) is 6.07 Å². The van der Waals surface area contributed by atoms with E-state index < -0.39 is 5.91 Å². The summed E-state index contributed by atoms with van der Waals surface area (Å²) in [6.45, 7) is 7.02. The Balaban J connectivity index is 2.51. The lowest BCUT2D eigenvalue weighted by Gasteiger charge is -2.08. The molecule has 3 N–H and O–H groups in total. The Kier molecular flexibility index (Phi) is 5.54. The fourth-order valence-corrected chi connectivity index (χ4v) is 1.32. The van der Waals surface area contributed by atoms with Gasteiger partial charge in [0.25, 0.3) is 5.91 Å². The number of carbonyl (C=O) groups excluding carboxylic acids is 1. The molecule has 0 unspecified atom stereocenters. The van der Waals surface area contributed by atoms with Crippen LogP contribution in [0.2, 0.25) is 5.15 Å². The lowest BCUT2D eigenvalue weighted by atomic mass is 10.2. The van der Waals surface area contributed by atoms with Gasteiger partial charge in [0, 0.05) is 6.54 Å². The average Bonchev–Trinajstić information content (AvgIpc) is 2.29. The summed E-state index contributed by atoms with van der Waals surface area (Å²) in [5, 5.41) is 10.4. The minimum atomic E-state index is -0.614. The number of hydrogen-bond acceptors (Lipinski definition) is 5. The number of primary amides is 1. The van der Waals surface area contributed by atoms with Crippen LogP contribution in [0.3, 0.4) is 0 Å². The maximum atomic E-state index is 11.2. The SMILES string of the molecule is C=C(C)COCCNc1nnc(Cl)cc1C(N)=O. The second-order valence-corrected chi connectivity index (χ2v) is 4.12. The van der Waals surface area contributed by atoms with E-state index in [2.05, 4.69) is 22.1 Å². The predicted octanol–water partition coefficient (Wildman–Crippen LogP) is 1.23. The molecule has 0 saturated heterocycles. The molecule has 7 heteroatoms. The molecule has 6 nitrogen and oxygen atoms in total. The van der Waals surface area contributed by atoms with E-state index in [-0.39, 0.29) is 10.7 Å². The van der Waals surface area contributed by atoms with Crippen LogP contribution < -0.4 is 11.1 Å². The summed E-state index contributed by atoms with van der Waals surface area (Å²) in [6.07, 6.45) is 0. The molecule has 0 radical (unpaired) electrons. The lowest BCUT2D eigenvalue weighted by Crippen LogP contribution is -2.18. The van der Waals surface area contributed by atoms with Gasteiger partial charge >= 0.3 is 0 Å². The lowest BCUT2D eigenvalue weighted by molar-refractivity contribution is 0.100. The number of nitrogens with one attached hydrogen (secondary N) is 1. The van der Waals surface area contributed by atoms with Gasteiger partial charge in [-0.1, -0.05) is 23.8 Å². The fourth-order valence-electron chi connectivity index (χ4n) is 1.17. The second kappa shape index (κ2) is 6.93. The van der Waals surface area contributed by atoms with Gasteiger partial charge < -0.3 is 15.8 Å². The second-order valence-electron chi connectivity index (χ2n) is 3.73. The Morgan fingerprint density at radius 2 is 2.33 bits per heavy atom. The first-order chi connectivity index (χ1) is 8.50. The molecular formula is C11H15ClN4O2. The summed E-state index contributed by atoms with van der Waals surface area (Å²) in [5.74, 6) is -0.317. The highest BCUT2D eigenvalue weighted by Gasteiger charge is 2.10. The number of carbonyl (C=O) groups is 1. The number of anilines is 1. The minimum absolute atomic E-state index is 0.118. The maximum Gasteiger partial charge on any atom is 0.252 e. The van der Waals surface area contributed by atoms with Gasteiger partial charge in [-0.05, 0) is 13.0 Å². The highest BCUT2D eigenvalue weighted by molar-refractivity contribution is 6.29. The molecule has 1 amide bonds. The van der Waals surface area contributed by atoms with Gasteiger partial charge in [-0.2, -0.15) is 0 Å². The molecule has 0 spiro atoms. The minimum Gasteiger partial charge on any atom is -0.375 e. The van der Waals surface area contributed by atoms with Crippen molar-refractivity contribution in [1.82, 2.24) is 10.2 Å². The first-order valence-electron chi connectivity index (χ1n) is 5.29. The average molecular weight is 271 g/mol.